The van der Waals surface area contributed by atoms with E-state index in [9.17, 15) is 0 Å². The maximum Gasteiger partial charge on any atom is 0.217 e. The fourth-order valence-electron chi connectivity index (χ4n) is 2.42. The Morgan fingerprint density at radius 1 is 1.05 bits per heavy atom. The molecule has 0 atom stereocenters. The lowest BCUT2D eigenvalue weighted by Gasteiger charge is -2.10. The summed E-state index contributed by atoms with van der Waals surface area (Å²) in [5.41, 5.74) is 4.55. The third-order valence-electron chi connectivity index (χ3n) is 3.54. The second kappa shape index (κ2) is 5.64. The lowest BCUT2D eigenvalue weighted by atomic mass is 9.98. The highest BCUT2D eigenvalue weighted by Crippen LogP contribution is 2.29. The Balaban J connectivity index is 2.04. The van der Waals surface area contributed by atoms with E-state index >= 15 is 0 Å². The summed E-state index contributed by atoms with van der Waals surface area (Å²) in [6, 6.07) is 16.9. The van der Waals surface area contributed by atoms with Crippen molar-refractivity contribution in [3.8, 4) is 11.1 Å². The molecule has 1 aliphatic heterocycles. The Bertz CT molecular complexity index is 674. The van der Waals surface area contributed by atoms with Crippen molar-refractivity contribution in [2.45, 2.75) is 24.7 Å². The number of hydrogen-bond acceptors (Lipinski definition) is 2. The molecule has 0 spiro atoms. The fraction of sp³-hybridized carbons (Fsp3) is 0.278. The van der Waals surface area contributed by atoms with Crippen molar-refractivity contribution in [3.63, 3.8) is 0 Å². The number of halogens is 1. The SMILES string of the molecule is CC1(C)COC(c2ccccc2-c2ccc(CBr)cc2)=N1. The number of benzene rings is 2. The van der Waals surface area contributed by atoms with Gasteiger partial charge in [-0.25, -0.2) is 4.99 Å². The smallest absolute Gasteiger partial charge is 0.217 e. The maximum absolute atomic E-state index is 5.80. The summed E-state index contributed by atoms with van der Waals surface area (Å²) in [7, 11) is 0. The van der Waals surface area contributed by atoms with E-state index in [-0.39, 0.29) is 5.54 Å². The van der Waals surface area contributed by atoms with Crippen molar-refractivity contribution in [2.24, 2.45) is 4.99 Å². The number of nitrogens with zero attached hydrogens (tertiary/aromatic N) is 1. The first-order chi connectivity index (χ1) is 10.1. The largest absolute Gasteiger partial charge is 0.475 e. The summed E-state index contributed by atoms with van der Waals surface area (Å²) in [5, 5.41) is 0.874. The minimum Gasteiger partial charge on any atom is -0.475 e. The van der Waals surface area contributed by atoms with Gasteiger partial charge in [0.15, 0.2) is 0 Å². The minimum atomic E-state index is -0.137. The Morgan fingerprint density at radius 3 is 2.29 bits per heavy atom. The van der Waals surface area contributed by atoms with E-state index in [0.717, 1.165) is 22.4 Å². The van der Waals surface area contributed by atoms with Gasteiger partial charge in [-0.15, -0.1) is 0 Å². The standard InChI is InChI=1S/C18H18BrNO/c1-18(2)12-21-17(20-18)16-6-4-3-5-15(16)14-9-7-13(11-19)8-10-14/h3-10H,11-12H2,1-2H3. The average molecular weight is 344 g/mol. The molecular weight excluding hydrogens is 326 g/mol. The van der Waals surface area contributed by atoms with Crippen LogP contribution in [0.1, 0.15) is 25.0 Å². The van der Waals surface area contributed by atoms with Crippen LogP contribution in [0, 0.1) is 0 Å². The lowest BCUT2D eigenvalue weighted by molar-refractivity contribution is 0.279. The third-order valence-corrected chi connectivity index (χ3v) is 4.19. The van der Waals surface area contributed by atoms with Crippen molar-refractivity contribution in [3.05, 3.63) is 59.7 Å². The monoisotopic (exact) mass is 343 g/mol. The highest BCUT2D eigenvalue weighted by atomic mass is 79.9. The number of alkyl halides is 1. The topological polar surface area (TPSA) is 21.6 Å². The molecular formula is C18H18BrNO. The van der Waals surface area contributed by atoms with Crippen LogP contribution in [0.25, 0.3) is 11.1 Å². The molecule has 1 aliphatic rings. The Labute approximate surface area is 134 Å². The van der Waals surface area contributed by atoms with Gasteiger partial charge in [-0.05, 0) is 36.6 Å². The summed E-state index contributed by atoms with van der Waals surface area (Å²) >= 11 is 3.48. The highest BCUT2D eigenvalue weighted by Gasteiger charge is 2.28. The van der Waals surface area contributed by atoms with Gasteiger partial charge in [0.1, 0.15) is 6.61 Å². The molecule has 0 unspecified atom stereocenters. The van der Waals surface area contributed by atoms with E-state index in [1.807, 2.05) is 6.07 Å². The van der Waals surface area contributed by atoms with E-state index in [1.165, 1.54) is 11.1 Å². The zero-order valence-electron chi connectivity index (χ0n) is 12.3. The Kier molecular flexibility index (Phi) is 3.85. The molecule has 3 rings (SSSR count). The quantitative estimate of drug-likeness (QED) is 0.733. The molecule has 0 aliphatic carbocycles. The van der Waals surface area contributed by atoms with Crippen LogP contribution in [-0.4, -0.2) is 18.0 Å². The summed E-state index contributed by atoms with van der Waals surface area (Å²) in [6.07, 6.45) is 0. The fourth-order valence-corrected chi connectivity index (χ4v) is 2.79. The van der Waals surface area contributed by atoms with Crippen LogP contribution < -0.4 is 0 Å². The van der Waals surface area contributed by atoms with Gasteiger partial charge in [-0.3, -0.25) is 0 Å². The van der Waals surface area contributed by atoms with Gasteiger partial charge in [-0.2, -0.15) is 0 Å². The zero-order valence-corrected chi connectivity index (χ0v) is 13.9. The van der Waals surface area contributed by atoms with Gasteiger partial charge < -0.3 is 4.74 Å². The van der Waals surface area contributed by atoms with Crippen LogP contribution in [-0.2, 0) is 10.1 Å². The van der Waals surface area contributed by atoms with Gasteiger partial charge in [0.2, 0.25) is 5.90 Å². The number of ether oxygens (including phenoxy) is 1. The van der Waals surface area contributed by atoms with Crippen LogP contribution in [0.2, 0.25) is 0 Å². The second-order valence-corrected chi connectivity index (χ2v) is 6.45. The molecule has 108 valence electrons. The van der Waals surface area contributed by atoms with Crippen LogP contribution in [0.3, 0.4) is 0 Å². The molecule has 0 N–H and O–H groups in total. The second-order valence-electron chi connectivity index (χ2n) is 5.89. The predicted octanol–water partition coefficient (Wildman–Crippen LogP) is 4.80. The Hall–Kier alpha value is -1.61. The molecule has 0 amide bonds. The molecule has 0 radical (unpaired) electrons. The molecule has 0 aromatic heterocycles. The van der Waals surface area contributed by atoms with Crippen molar-refractivity contribution < 1.29 is 4.74 Å². The van der Waals surface area contributed by atoms with E-state index in [2.05, 4.69) is 72.2 Å². The first-order valence-corrected chi connectivity index (χ1v) is 8.18. The zero-order chi connectivity index (χ0) is 14.9. The van der Waals surface area contributed by atoms with E-state index < -0.39 is 0 Å². The van der Waals surface area contributed by atoms with Crippen LogP contribution >= 0.6 is 15.9 Å². The summed E-state index contributed by atoms with van der Waals surface area (Å²) < 4.78 is 5.80. The predicted molar refractivity (Wildman–Crippen MR) is 91.1 cm³/mol. The normalized spacial score (nSPS) is 16.4. The van der Waals surface area contributed by atoms with Crippen molar-refractivity contribution in [2.75, 3.05) is 6.61 Å². The highest BCUT2D eigenvalue weighted by molar-refractivity contribution is 9.08. The van der Waals surface area contributed by atoms with Crippen molar-refractivity contribution >= 4 is 21.8 Å². The molecule has 2 aromatic rings. The van der Waals surface area contributed by atoms with E-state index in [4.69, 9.17) is 9.73 Å². The van der Waals surface area contributed by atoms with E-state index in [1.54, 1.807) is 0 Å². The third kappa shape index (κ3) is 3.03. The van der Waals surface area contributed by atoms with Gasteiger partial charge in [0.05, 0.1) is 5.54 Å². The van der Waals surface area contributed by atoms with Crippen molar-refractivity contribution in [1.29, 1.82) is 0 Å². The molecule has 0 saturated heterocycles. The average Bonchev–Trinajstić information content (AvgIpc) is 2.87. The van der Waals surface area contributed by atoms with E-state index in [0.29, 0.717) is 6.61 Å². The van der Waals surface area contributed by atoms with Gasteiger partial charge in [0.25, 0.3) is 0 Å². The molecule has 2 nitrogen and oxygen atoms in total. The van der Waals surface area contributed by atoms with Gasteiger partial charge in [-0.1, -0.05) is 58.4 Å². The summed E-state index contributed by atoms with van der Waals surface area (Å²) in [5.74, 6) is 0.750. The molecule has 1 heterocycles. The van der Waals surface area contributed by atoms with Gasteiger partial charge >= 0.3 is 0 Å². The van der Waals surface area contributed by atoms with Crippen LogP contribution in [0.4, 0.5) is 0 Å². The molecule has 3 heteroatoms. The summed E-state index contributed by atoms with van der Waals surface area (Å²) in [4.78, 5) is 4.70. The molecule has 0 bridgehead atoms. The Morgan fingerprint density at radius 2 is 1.71 bits per heavy atom. The molecule has 21 heavy (non-hydrogen) atoms. The number of hydrogen-bond donors (Lipinski definition) is 0. The van der Waals surface area contributed by atoms with Crippen LogP contribution in [0.15, 0.2) is 53.5 Å². The molecule has 2 aromatic carbocycles. The lowest BCUT2D eigenvalue weighted by Crippen LogP contribution is -2.17. The first kappa shape index (κ1) is 14.3. The van der Waals surface area contributed by atoms with Gasteiger partial charge in [0, 0.05) is 10.9 Å². The molecule has 0 saturated carbocycles. The summed E-state index contributed by atoms with van der Waals surface area (Å²) in [6.45, 7) is 4.82. The van der Waals surface area contributed by atoms with Crippen LogP contribution in [0.5, 0.6) is 0 Å². The van der Waals surface area contributed by atoms with Crippen molar-refractivity contribution in [1.82, 2.24) is 0 Å². The first-order valence-electron chi connectivity index (χ1n) is 7.06. The minimum absolute atomic E-state index is 0.137. The number of aliphatic imine (C=N–C) groups is 1. The molecule has 0 fully saturated rings. The number of rotatable bonds is 3. The maximum atomic E-state index is 5.80.